The van der Waals surface area contributed by atoms with Crippen LogP contribution in [0.2, 0.25) is 0 Å². The van der Waals surface area contributed by atoms with Crippen molar-refractivity contribution in [3.63, 3.8) is 0 Å². The molecule has 3 unspecified atom stereocenters. The van der Waals surface area contributed by atoms with Crippen molar-refractivity contribution >= 4 is 0 Å². The van der Waals surface area contributed by atoms with Crippen molar-refractivity contribution in [3.05, 3.63) is 0 Å². The summed E-state index contributed by atoms with van der Waals surface area (Å²) >= 11 is 0. The number of hydrogen-bond acceptors (Lipinski definition) is 2. The van der Waals surface area contributed by atoms with Crippen LogP contribution < -0.4 is 11.3 Å². The molecule has 0 bridgehead atoms. The van der Waals surface area contributed by atoms with Crippen LogP contribution in [-0.2, 0) is 0 Å². The molecule has 0 amide bonds. The average Bonchev–Trinajstić information content (AvgIpc) is 2.83. The SMILES string of the molecule is CCCCCCCCC(NN)C1C2CCCC21. The Hall–Kier alpha value is -0.0800. The van der Waals surface area contributed by atoms with E-state index in [0.717, 1.165) is 17.8 Å². The van der Waals surface area contributed by atoms with Crippen LogP contribution in [0.5, 0.6) is 0 Å². The first kappa shape index (κ1) is 13.4. The van der Waals surface area contributed by atoms with Gasteiger partial charge in [0.25, 0.3) is 0 Å². The summed E-state index contributed by atoms with van der Waals surface area (Å²) < 4.78 is 0. The first-order valence-electron chi connectivity index (χ1n) is 7.84. The highest BCUT2D eigenvalue weighted by Crippen LogP contribution is 2.59. The van der Waals surface area contributed by atoms with Crippen molar-refractivity contribution in [1.29, 1.82) is 0 Å². The zero-order valence-electron chi connectivity index (χ0n) is 11.5. The molecule has 0 heterocycles. The molecular weight excluding hydrogens is 208 g/mol. The molecule has 2 aliphatic carbocycles. The van der Waals surface area contributed by atoms with E-state index in [0.29, 0.717) is 6.04 Å². The molecule has 0 radical (unpaired) electrons. The molecule has 0 aliphatic heterocycles. The summed E-state index contributed by atoms with van der Waals surface area (Å²) in [4.78, 5) is 0. The number of rotatable bonds is 9. The Bertz CT molecular complexity index is 207. The van der Waals surface area contributed by atoms with E-state index in [1.165, 1.54) is 64.2 Å². The fourth-order valence-corrected chi connectivity index (χ4v) is 4.01. The summed E-state index contributed by atoms with van der Waals surface area (Å²) in [6.07, 6.45) is 14.1. The Kier molecular flexibility index (Phi) is 5.30. The lowest BCUT2D eigenvalue weighted by molar-refractivity contribution is 0.377. The smallest absolute Gasteiger partial charge is 0.0244 e. The van der Waals surface area contributed by atoms with Crippen LogP contribution in [0, 0.1) is 17.8 Å². The number of nitrogens with one attached hydrogen (secondary N) is 1. The molecule has 2 saturated carbocycles. The van der Waals surface area contributed by atoms with Crippen LogP contribution in [0.3, 0.4) is 0 Å². The first-order chi connectivity index (χ1) is 8.38. The highest BCUT2D eigenvalue weighted by atomic mass is 15.2. The van der Waals surface area contributed by atoms with Crippen molar-refractivity contribution in [2.24, 2.45) is 23.6 Å². The highest BCUT2D eigenvalue weighted by Gasteiger charge is 2.55. The lowest BCUT2D eigenvalue weighted by Crippen LogP contribution is -2.38. The van der Waals surface area contributed by atoms with Gasteiger partial charge in [0, 0.05) is 6.04 Å². The minimum absolute atomic E-state index is 0.622. The van der Waals surface area contributed by atoms with Crippen LogP contribution in [0.1, 0.15) is 71.1 Å². The second-order valence-corrected chi connectivity index (χ2v) is 6.17. The molecule has 2 aliphatic rings. The van der Waals surface area contributed by atoms with Crippen LogP contribution in [0.15, 0.2) is 0 Å². The van der Waals surface area contributed by atoms with Crippen LogP contribution in [0.4, 0.5) is 0 Å². The molecule has 2 fully saturated rings. The molecule has 0 aromatic rings. The third kappa shape index (κ3) is 3.45. The third-order valence-corrected chi connectivity index (χ3v) is 5.02. The van der Waals surface area contributed by atoms with E-state index < -0.39 is 0 Å². The van der Waals surface area contributed by atoms with Gasteiger partial charge >= 0.3 is 0 Å². The van der Waals surface area contributed by atoms with Gasteiger partial charge in [-0.05, 0) is 37.0 Å². The average molecular weight is 238 g/mol. The van der Waals surface area contributed by atoms with E-state index in [1.54, 1.807) is 0 Å². The third-order valence-electron chi connectivity index (χ3n) is 5.02. The fraction of sp³-hybridized carbons (Fsp3) is 1.00. The zero-order chi connectivity index (χ0) is 12.1. The molecule has 2 heteroatoms. The van der Waals surface area contributed by atoms with Crippen LogP contribution in [-0.4, -0.2) is 6.04 Å². The zero-order valence-corrected chi connectivity index (χ0v) is 11.5. The predicted molar refractivity (Wildman–Crippen MR) is 73.4 cm³/mol. The largest absolute Gasteiger partial charge is 0.271 e. The summed E-state index contributed by atoms with van der Waals surface area (Å²) in [6.45, 7) is 2.28. The topological polar surface area (TPSA) is 38.0 Å². The van der Waals surface area contributed by atoms with Gasteiger partial charge < -0.3 is 0 Å². The minimum Gasteiger partial charge on any atom is -0.271 e. The molecule has 0 spiro atoms. The number of unbranched alkanes of at least 4 members (excludes halogenated alkanes) is 5. The maximum absolute atomic E-state index is 5.73. The predicted octanol–water partition coefficient (Wildman–Crippen LogP) is 3.62. The summed E-state index contributed by atoms with van der Waals surface area (Å²) in [5.41, 5.74) is 3.09. The summed E-state index contributed by atoms with van der Waals surface area (Å²) in [6, 6.07) is 0.622. The fourth-order valence-electron chi connectivity index (χ4n) is 4.01. The number of hydrazine groups is 1. The van der Waals surface area contributed by atoms with E-state index >= 15 is 0 Å². The molecule has 2 nitrogen and oxygen atoms in total. The van der Waals surface area contributed by atoms with Gasteiger partial charge in [0.05, 0.1) is 0 Å². The van der Waals surface area contributed by atoms with E-state index in [2.05, 4.69) is 12.3 Å². The van der Waals surface area contributed by atoms with Gasteiger partial charge in [0.2, 0.25) is 0 Å². The van der Waals surface area contributed by atoms with Crippen molar-refractivity contribution in [2.45, 2.75) is 77.2 Å². The number of fused-ring (bicyclic) bond motifs is 1. The minimum atomic E-state index is 0.622. The second-order valence-electron chi connectivity index (χ2n) is 6.17. The Morgan fingerprint density at radius 1 is 1.06 bits per heavy atom. The molecule has 3 N–H and O–H groups in total. The van der Waals surface area contributed by atoms with Gasteiger partial charge in [0.1, 0.15) is 0 Å². The van der Waals surface area contributed by atoms with Gasteiger partial charge in [-0.3, -0.25) is 11.3 Å². The van der Waals surface area contributed by atoms with Gasteiger partial charge in [-0.25, -0.2) is 0 Å². The van der Waals surface area contributed by atoms with Crippen molar-refractivity contribution in [2.75, 3.05) is 0 Å². The van der Waals surface area contributed by atoms with Crippen molar-refractivity contribution < 1.29 is 0 Å². The van der Waals surface area contributed by atoms with Crippen molar-refractivity contribution in [1.82, 2.24) is 5.43 Å². The van der Waals surface area contributed by atoms with E-state index in [9.17, 15) is 0 Å². The molecular formula is C15H30N2. The lowest BCUT2D eigenvalue weighted by atomic mass is 9.98. The first-order valence-corrected chi connectivity index (χ1v) is 7.84. The van der Waals surface area contributed by atoms with Gasteiger partial charge in [0.15, 0.2) is 0 Å². The molecule has 100 valence electrons. The molecule has 0 saturated heterocycles. The molecule has 2 rings (SSSR count). The second kappa shape index (κ2) is 6.75. The number of hydrogen-bond donors (Lipinski definition) is 2. The normalized spacial score (nSPS) is 32.5. The van der Waals surface area contributed by atoms with Crippen LogP contribution in [0.25, 0.3) is 0 Å². The lowest BCUT2D eigenvalue weighted by Gasteiger charge is -2.17. The summed E-state index contributed by atoms with van der Waals surface area (Å²) in [5, 5.41) is 0. The Morgan fingerprint density at radius 3 is 2.35 bits per heavy atom. The maximum Gasteiger partial charge on any atom is 0.0244 e. The Balaban J connectivity index is 1.54. The quantitative estimate of drug-likeness (QED) is 0.366. The van der Waals surface area contributed by atoms with E-state index in [4.69, 9.17) is 5.84 Å². The van der Waals surface area contributed by atoms with Crippen molar-refractivity contribution in [3.8, 4) is 0 Å². The summed E-state index contributed by atoms with van der Waals surface area (Å²) in [5.74, 6) is 8.74. The molecule has 17 heavy (non-hydrogen) atoms. The van der Waals surface area contributed by atoms with Gasteiger partial charge in [-0.1, -0.05) is 51.9 Å². The Morgan fingerprint density at radius 2 is 1.71 bits per heavy atom. The van der Waals surface area contributed by atoms with Gasteiger partial charge in [-0.15, -0.1) is 0 Å². The maximum atomic E-state index is 5.73. The molecule has 3 atom stereocenters. The summed E-state index contributed by atoms with van der Waals surface area (Å²) in [7, 11) is 0. The standard InChI is InChI=1S/C15H30N2/c1-2-3-4-5-6-7-11-14(17-16)15-12-9-8-10-13(12)15/h12-15,17H,2-11,16H2,1H3. The number of nitrogens with two attached hydrogens (primary N) is 1. The highest BCUT2D eigenvalue weighted by molar-refractivity contribution is 5.05. The molecule has 0 aromatic heterocycles. The molecule has 0 aromatic carbocycles. The monoisotopic (exact) mass is 238 g/mol. The Labute approximate surface area is 107 Å². The van der Waals surface area contributed by atoms with E-state index in [1.807, 2.05) is 0 Å². The van der Waals surface area contributed by atoms with E-state index in [-0.39, 0.29) is 0 Å². The van der Waals surface area contributed by atoms with Gasteiger partial charge in [-0.2, -0.15) is 0 Å². The van der Waals surface area contributed by atoms with Crippen LogP contribution >= 0.6 is 0 Å².